The van der Waals surface area contributed by atoms with Crippen LogP contribution in [0.4, 0.5) is 0 Å². The molecule has 0 aromatic carbocycles. The Morgan fingerprint density at radius 3 is 2.89 bits per heavy atom. The fourth-order valence-corrected chi connectivity index (χ4v) is 1.51. The number of thiophene rings is 1. The number of thiol groups is 1. The van der Waals surface area contributed by atoms with Crippen LogP contribution >= 0.6 is 24.0 Å². The number of hydrogen-bond donors (Lipinski definition) is 1. The molecule has 1 aromatic rings. The summed E-state index contributed by atoms with van der Waals surface area (Å²) in [4.78, 5) is 1.15. The summed E-state index contributed by atoms with van der Waals surface area (Å²) in [5.41, 5.74) is 0.740. The van der Waals surface area contributed by atoms with Crippen molar-refractivity contribution in [2.24, 2.45) is 0 Å². The Kier molecular flexibility index (Phi) is 2.15. The average Bonchev–Trinajstić information content (AvgIpc) is 2.34. The highest BCUT2D eigenvalue weighted by Crippen LogP contribution is 2.14. The average molecular weight is 155 g/mol. The third-order valence-electron chi connectivity index (χ3n) is 0.939. The first-order valence-corrected chi connectivity index (χ1v) is 3.96. The predicted octanol–water partition coefficient (Wildman–Crippen LogP) is 2.05. The molecule has 0 aliphatic heterocycles. The smallest absolute Gasteiger partial charge is 0.100 e. The summed E-state index contributed by atoms with van der Waals surface area (Å²) in [5, 5.41) is 10.2. The second-order valence-corrected chi connectivity index (χ2v) is 2.88. The predicted molar refractivity (Wildman–Crippen MR) is 41.7 cm³/mol. The maximum absolute atomic E-state index is 8.38. The molecule has 3 heteroatoms. The molecule has 0 saturated carbocycles. The minimum Gasteiger partial charge on any atom is -0.192 e. The highest BCUT2D eigenvalue weighted by atomic mass is 32.1. The van der Waals surface area contributed by atoms with Gasteiger partial charge in [0.05, 0.1) is 5.56 Å². The Bertz CT molecular complexity index is 233. The number of nitrogens with zero attached hydrogens (tertiary/aromatic N) is 1. The Hall–Kier alpha value is -0.460. The molecule has 0 bridgehead atoms. The van der Waals surface area contributed by atoms with E-state index < -0.39 is 0 Å². The molecule has 1 heterocycles. The minimum atomic E-state index is 0.729. The number of rotatable bonds is 1. The van der Waals surface area contributed by atoms with Crippen LogP contribution in [0.1, 0.15) is 10.4 Å². The molecule has 0 unspecified atom stereocenters. The second-order valence-electron chi connectivity index (χ2n) is 1.57. The summed E-state index contributed by atoms with van der Waals surface area (Å²) in [6.07, 6.45) is 0. The van der Waals surface area contributed by atoms with E-state index in [-0.39, 0.29) is 0 Å². The van der Waals surface area contributed by atoms with Crippen LogP contribution in [-0.2, 0) is 5.75 Å². The summed E-state index contributed by atoms with van der Waals surface area (Å²) in [6.45, 7) is 0. The zero-order valence-corrected chi connectivity index (χ0v) is 6.38. The van der Waals surface area contributed by atoms with Gasteiger partial charge in [-0.05, 0) is 6.07 Å². The van der Waals surface area contributed by atoms with Crippen LogP contribution in [0.5, 0.6) is 0 Å². The first-order valence-electron chi connectivity index (χ1n) is 2.45. The van der Waals surface area contributed by atoms with Crippen molar-refractivity contribution in [1.29, 1.82) is 5.26 Å². The van der Waals surface area contributed by atoms with Crippen molar-refractivity contribution in [3.05, 3.63) is 21.9 Å². The van der Waals surface area contributed by atoms with E-state index in [2.05, 4.69) is 18.7 Å². The molecule has 0 aliphatic rings. The summed E-state index contributed by atoms with van der Waals surface area (Å²) < 4.78 is 0. The summed E-state index contributed by atoms with van der Waals surface area (Å²) >= 11 is 5.64. The first kappa shape index (κ1) is 6.66. The lowest BCUT2D eigenvalue weighted by Gasteiger charge is -1.78. The van der Waals surface area contributed by atoms with Crippen molar-refractivity contribution < 1.29 is 0 Å². The van der Waals surface area contributed by atoms with Gasteiger partial charge in [-0.1, -0.05) is 0 Å². The molecule has 1 rings (SSSR count). The molecule has 0 saturated heterocycles. The molecule has 0 spiro atoms. The van der Waals surface area contributed by atoms with Crippen LogP contribution in [0.15, 0.2) is 11.4 Å². The quantitative estimate of drug-likeness (QED) is 0.616. The van der Waals surface area contributed by atoms with Crippen molar-refractivity contribution in [3.8, 4) is 6.07 Å². The molecule has 46 valence electrons. The van der Waals surface area contributed by atoms with Crippen LogP contribution in [0.2, 0.25) is 0 Å². The Balaban J connectivity index is 2.90. The standard InChI is InChI=1S/C6H5NS2/c7-2-5-1-6(3-8)9-4-5/h1,4,8H,3H2. The number of hydrogen-bond acceptors (Lipinski definition) is 3. The molecule has 1 aromatic heterocycles. The van der Waals surface area contributed by atoms with Gasteiger partial charge in [-0.25, -0.2) is 0 Å². The van der Waals surface area contributed by atoms with Gasteiger partial charge in [-0.3, -0.25) is 0 Å². The summed E-state index contributed by atoms with van der Waals surface area (Å²) in [7, 11) is 0. The van der Waals surface area contributed by atoms with E-state index in [1.54, 1.807) is 11.3 Å². The van der Waals surface area contributed by atoms with E-state index in [0.29, 0.717) is 0 Å². The third-order valence-corrected chi connectivity index (χ3v) is 2.43. The van der Waals surface area contributed by atoms with Gasteiger partial charge in [-0.15, -0.1) is 11.3 Å². The number of nitriles is 1. The topological polar surface area (TPSA) is 23.8 Å². The first-order chi connectivity index (χ1) is 4.36. The highest BCUT2D eigenvalue weighted by Gasteiger charge is 1.94. The van der Waals surface area contributed by atoms with Crippen molar-refractivity contribution in [2.75, 3.05) is 0 Å². The van der Waals surface area contributed by atoms with E-state index >= 15 is 0 Å². The van der Waals surface area contributed by atoms with Gasteiger partial charge < -0.3 is 0 Å². The lowest BCUT2D eigenvalue weighted by molar-refractivity contribution is 1.49. The fraction of sp³-hybridized carbons (Fsp3) is 0.167. The van der Waals surface area contributed by atoms with Gasteiger partial charge in [0.15, 0.2) is 0 Å². The maximum atomic E-state index is 8.38. The largest absolute Gasteiger partial charge is 0.192 e. The van der Waals surface area contributed by atoms with Gasteiger partial charge in [0, 0.05) is 16.0 Å². The van der Waals surface area contributed by atoms with Crippen LogP contribution in [0.3, 0.4) is 0 Å². The van der Waals surface area contributed by atoms with Gasteiger partial charge in [-0.2, -0.15) is 17.9 Å². The van der Waals surface area contributed by atoms with Crippen molar-refractivity contribution in [1.82, 2.24) is 0 Å². The van der Waals surface area contributed by atoms with Gasteiger partial charge in [0.1, 0.15) is 6.07 Å². The normalized spacial score (nSPS) is 8.89. The minimum absolute atomic E-state index is 0.729. The fourth-order valence-electron chi connectivity index (χ4n) is 0.522. The highest BCUT2D eigenvalue weighted by molar-refractivity contribution is 7.79. The Morgan fingerprint density at radius 2 is 2.56 bits per heavy atom. The molecular formula is C6H5NS2. The third kappa shape index (κ3) is 1.47. The van der Waals surface area contributed by atoms with Crippen molar-refractivity contribution in [2.45, 2.75) is 5.75 Å². The van der Waals surface area contributed by atoms with Crippen molar-refractivity contribution >= 4 is 24.0 Å². The van der Waals surface area contributed by atoms with Gasteiger partial charge in [0.25, 0.3) is 0 Å². The van der Waals surface area contributed by atoms with Gasteiger partial charge >= 0.3 is 0 Å². The molecule has 0 aliphatic carbocycles. The lowest BCUT2D eigenvalue weighted by atomic mass is 10.3. The van der Waals surface area contributed by atoms with E-state index in [1.807, 2.05) is 11.4 Å². The van der Waals surface area contributed by atoms with E-state index in [1.165, 1.54) is 0 Å². The van der Waals surface area contributed by atoms with Crippen LogP contribution < -0.4 is 0 Å². The Labute approximate surface area is 63.3 Å². The second kappa shape index (κ2) is 2.90. The van der Waals surface area contributed by atoms with E-state index in [9.17, 15) is 0 Å². The van der Waals surface area contributed by atoms with Crippen LogP contribution in [-0.4, -0.2) is 0 Å². The molecule has 0 amide bonds. The molecule has 0 radical (unpaired) electrons. The summed E-state index contributed by atoms with van der Waals surface area (Å²) in [5.74, 6) is 0.729. The molecule has 0 fully saturated rings. The van der Waals surface area contributed by atoms with Gasteiger partial charge in [0.2, 0.25) is 0 Å². The van der Waals surface area contributed by atoms with E-state index in [0.717, 1.165) is 16.2 Å². The van der Waals surface area contributed by atoms with Crippen LogP contribution in [0.25, 0.3) is 0 Å². The molecule has 1 nitrogen and oxygen atoms in total. The zero-order chi connectivity index (χ0) is 6.69. The molecule has 0 atom stereocenters. The maximum Gasteiger partial charge on any atom is 0.100 e. The molecule has 9 heavy (non-hydrogen) atoms. The molecule has 0 N–H and O–H groups in total. The SMILES string of the molecule is N#Cc1csc(CS)c1. The monoisotopic (exact) mass is 155 g/mol. The zero-order valence-electron chi connectivity index (χ0n) is 4.66. The lowest BCUT2D eigenvalue weighted by Crippen LogP contribution is -1.63. The van der Waals surface area contributed by atoms with Crippen LogP contribution in [0, 0.1) is 11.3 Å². The van der Waals surface area contributed by atoms with E-state index in [4.69, 9.17) is 5.26 Å². The Morgan fingerprint density at radius 1 is 1.78 bits per heavy atom. The van der Waals surface area contributed by atoms with Crippen molar-refractivity contribution in [3.63, 3.8) is 0 Å². The molecular weight excluding hydrogens is 150 g/mol. The summed E-state index contributed by atoms with van der Waals surface area (Å²) in [6, 6.07) is 3.92.